The number of H-pyrrole nitrogens is 1. The molecule has 0 aromatic carbocycles. The van der Waals surface area contributed by atoms with Gasteiger partial charge in [-0.25, -0.2) is 4.68 Å². The third-order valence-electron chi connectivity index (χ3n) is 2.53. The van der Waals surface area contributed by atoms with Crippen molar-refractivity contribution in [2.24, 2.45) is 0 Å². The highest BCUT2D eigenvalue weighted by atomic mass is 16.5. The second-order valence-corrected chi connectivity index (χ2v) is 4.15. The Morgan fingerprint density at radius 1 is 1.44 bits per heavy atom. The van der Waals surface area contributed by atoms with Gasteiger partial charge in [-0.3, -0.25) is 9.89 Å². The number of ether oxygens (including phenoxy) is 1. The molecule has 0 fully saturated rings. The van der Waals surface area contributed by atoms with Crippen molar-refractivity contribution >= 4 is 0 Å². The molecule has 0 atom stereocenters. The van der Waals surface area contributed by atoms with Crippen molar-refractivity contribution < 1.29 is 4.74 Å². The van der Waals surface area contributed by atoms with Gasteiger partial charge in [-0.1, -0.05) is 19.4 Å². The highest BCUT2D eigenvalue weighted by Crippen LogP contribution is 2.10. The van der Waals surface area contributed by atoms with Gasteiger partial charge in [-0.15, -0.1) is 0 Å². The second-order valence-electron chi connectivity index (χ2n) is 4.15. The summed E-state index contributed by atoms with van der Waals surface area (Å²) in [5, 5.41) is 2.94. The molecule has 2 aromatic rings. The summed E-state index contributed by atoms with van der Waals surface area (Å²) in [6.45, 7) is 4.58. The third kappa shape index (κ3) is 2.80. The zero-order valence-corrected chi connectivity index (χ0v) is 10.6. The third-order valence-corrected chi connectivity index (χ3v) is 2.53. The molecule has 0 saturated heterocycles. The van der Waals surface area contributed by atoms with Gasteiger partial charge in [0, 0.05) is 17.8 Å². The van der Waals surface area contributed by atoms with E-state index >= 15 is 0 Å². The van der Waals surface area contributed by atoms with Crippen molar-refractivity contribution in [3.63, 3.8) is 0 Å². The minimum atomic E-state index is -0.120. The van der Waals surface area contributed by atoms with Gasteiger partial charge >= 0.3 is 0 Å². The first-order valence-corrected chi connectivity index (χ1v) is 6.09. The van der Waals surface area contributed by atoms with Gasteiger partial charge in [0.05, 0.1) is 6.61 Å². The molecule has 0 aliphatic carbocycles. The highest BCUT2D eigenvalue weighted by molar-refractivity contribution is 5.26. The van der Waals surface area contributed by atoms with Crippen molar-refractivity contribution in [3.05, 3.63) is 40.3 Å². The molecule has 1 N–H and O–H groups in total. The Bertz CT molecular complexity index is 572. The molecule has 5 heteroatoms. The molecule has 0 spiro atoms. The summed E-state index contributed by atoms with van der Waals surface area (Å²) in [5.74, 6) is 1.09. The molecule has 5 nitrogen and oxygen atoms in total. The molecule has 0 aliphatic heterocycles. The molecular formula is C13H17N3O2. The van der Waals surface area contributed by atoms with Crippen LogP contribution in [-0.2, 0) is 0 Å². The molecule has 2 rings (SSSR count). The maximum absolute atomic E-state index is 11.7. The molecule has 0 bridgehead atoms. The van der Waals surface area contributed by atoms with E-state index in [0.29, 0.717) is 18.3 Å². The summed E-state index contributed by atoms with van der Waals surface area (Å²) < 4.78 is 6.92. The zero-order valence-electron chi connectivity index (χ0n) is 10.6. The number of rotatable bonds is 5. The van der Waals surface area contributed by atoms with E-state index in [1.54, 1.807) is 12.1 Å². The van der Waals surface area contributed by atoms with Crippen molar-refractivity contribution in [2.75, 3.05) is 6.61 Å². The number of nitrogens with one attached hydrogen (secondary N) is 1. The fourth-order valence-corrected chi connectivity index (χ4v) is 1.61. The molecular weight excluding hydrogens is 230 g/mol. The first-order valence-electron chi connectivity index (χ1n) is 6.09. The quantitative estimate of drug-likeness (QED) is 0.822. The van der Waals surface area contributed by atoms with Gasteiger partial charge in [0.15, 0.2) is 5.82 Å². The number of pyridine rings is 1. The Labute approximate surface area is 105 Å². The van der Waals surface area contributed by atoms with Crippen LogP contribution in [0.1, 0.15) is 25.5 Å². The van der Waals surface area contributed by atoms with Crippen LogP contribution in [0.15, 0.2) is 29.1 Å². The number of hydrogen-bond donors (Lipinski definition) is 1. The van der Waals surface area contributed by atoms with Crippen LogP contribution in [-0.4, -0.2) is 21.4 Å². The predicted molar refractivity (Wildman–Crippen MR) is 69.3 cm³/mol. The first kappa shape index (κ1) is 12.4. The van der Waals surface area contributed by atoms with E-state index < -0.39 is 0 Å². The van der Waals surface area contributed by atoms with Gasteiger partial charge in [0.25, 0.3) is 5.56 Å². The van der Waals surface area contributed by atoms with Gasteiger partial charge < -0.3 is 4.74 Å². The highest BCUT2D eigenvalue weighted by Gasteiger charge is 2.05. The monoisotopic (exact) mass is 247 g/mol. The molecule has 0 aliphatic rings. The molecule has 0 radical (unpaired) electrons. The topological polar surface area (TPSA) is 59.9 Å². The number of unbranched alkanes of at least 4 members (excludes halogenated alkanes) is 1. The molecule has 18 heavy (non-hydrogen) atoms. The van der Waals surface area contributed by atoms with E-state index in [9.17, 15) is 4.79 Å². The number of aryl methyl sites for hydroxylation is 1. The van der Waals surface area contributed by atoms with E-state index in [1.165, 1.54) is 10.7 Å². The van der Waals surface area contributed by atoms with E-state index in [2.05, 4.69) is 17.0 Å². The summed E-state index contributed by atoms with van der Waals surface area (Å²) >= 11 is 0. The first-order chi connectivity index (χ1) is 8.70. The summed E-state index contributed by atoms with van der Waals surface area (Å²) in [7, 11) is 0. The standard InChI is InChI=1S/C13H17N3O2/c1-3-4-8-18-12-7-5-6-11(14-12)16-13(17)9-10(2)15-16/h5-7,9,15H,3-4,8H2,1-2H3. The second kappa shape index (κ2) is 5.53. The largest absolute Gasteiger partial charge is 0.478 e. The fourth-order valence-electron chi connectivity index (χ4n) is 1.61. The van der Waals surface area contributed by atoms with Crippen LogP contribution in [0.3, 0.4) is 0 Å². The summed E-state index contributed by atoms with van der Waals surface area (Å²) in [5.41, 5.74) is 0.685. The Morgan fingerprint density at radius 3 is 2.94 bits per heavy atom. The molecule has 2 heterocycles. The fraction of sp³-hybridized carbons (Fsp3) is 0.385. The number of hydrogen-bond acceptors (Lipinski definition) is 3. The van der Waals surface area contributed by atoms with Crippen molar-refractivity contribution in [2.45, 2.75) is 26.7 Å². The number of aromatic amines is 1. The molecule has 0 unspecified atom stereocenters. The minimum absolute atomic E-state index is 0.120. The number of nitrogens with zero attached hydrogens (tertiary/aromatic N) is 2. The lowest BCUT2D eigenvalue weighted by atomic mass is 10.4. The van der Waals surface area contributed by atoms with Crippen LogP contribution in [0, 0.1) is 6.92 Å². The lowest BCUT2D eigenvalue weighted by Crippen LogP contribution is -2.15. The van der Waals surface area contributed by atoms with Crippen molar-refractivity contribution in [1.82, 2.24) is 14.8 Å². The van der Waals surface area contributed by atoms with Crippen molar-refractivity contribution in [1.29, 1.82) is 0 Å². The van der Waals surface area contributed by atoms with Gasteiger partial charge in [-0.2, -0.15) is 4.98 Å². The van der Waals surface area contributed by atoms with E-state index in [-0.39, 0.29) is 5.56 Å². The van der Waals surface area contributed by atoms with Gasteiger partial charge in [-0.05, 0) is 19.4 Å². The smallest absolute Gasteiger partial charge is 0.272 e. The maximum atomic E-state index is 11.7. The lowest BCUT2D eigenvalue weighted by molar-refractivity contribution is 0.297. The average Bonchev–Trinajstić information content (AvgIpc) is 2.69. The van der Waals surface area contributed by atoms with Crippen LogP contribution in [0.5, 0.6) is 5.88 Å². The van der Waals surface area contributed by atoms with Gasteiger partial charge in [0.1, 0.15) is 0 Å². The molecule has 2 aromatic heterocycles. The van der Waals surface area contributed by atoms with E-state index in [1.807, 2.05) is 13.0 Å². The average molecular weight is 247 g/mol. The zero-order chi connectivity index (χ0) is 13.0. The van der Waals surface area contributed by atoms with Crippen LogP contribution >= 0.6 is 0 Å². The maximum Gasteiger partial charge on any atom is 0.272 e. The Hall–Kier alpha value is -2.04. The van der Waals surface area contributed by atoms with Gasteiger partial charge in [0.2, 0.25) is 5.88 Å². The summed E-state index contributed by atoms with van der Waals surface area (Å²) in [6, 6.07) is 6.92. The Kier molecular flexibility index (Phi) is 3.82. The van der Waals surface area contributed by atoms with Crippen LogP contribution in [0.2, 0.25) is 0 Å². The van der Waals surface area contributed by atoms with Crippen LogP contribution in [0.4, 0.5) is 0 Å². The normalized spacial score (nSPS) is 10.6. The minimum Gasteiger partial charge on any atom is -0.478 e. The molecule has 0 saturated carbocycles. The predicted octanol–water partition coefficient (Wildman–Crippen LogP) is 2.05. The summed E-state index contributed by atoms with van der Waals surface area (Å²) in [6.07, 6.45) is 2.07. The van der Waals surface area contributed by atoms with Crippen LogP contribution < -0.4 is 10.3 Å². The Morgan fingerprint density at radius 2 is 2.28 bits per heavy atom. The Balaban J connectivity index is 2.21. The van der Waals surface area contributed by atoms with Crippen LogP contribution in [0.25, 0.3) is 5.82 Å². The number of aromatic nitrogens is 3. The molecule has 96 valence electrons. The van der Waals surface area contributed by atoms with E-state index in [0.717, 1.165) is 18.5 Å². The molecule has 0 amide bonds. The lowest BCUT2D eigenvalue weighted by Gasteiger charge is -2.06. The van der Waals surface area contributed by atoms with E-state index in [4.69, 9.17) is 4.74 Å². The van der Waals surface area contributed by atoms with Crippen molar-refractivity contribution in [3.8, 4) is 11.7 Å². The SMILES string of the molecule is CCCCOc1cccc(-n2[nH]c(C)cc2=O)n1. The summed E-state index contributed by atoms with van der Waals surface area (Å²) in [4.78, 5) is 16.0.